The number of carbonyl (C=O) groups is 1. The fourth-order valence-electron chi connectivity index (χ4n) is 3.21. The van der Waals surface area contributed by atoms with Crippen molar-refractivity contribution in [3.05, 3.63) is 62.7 Å². The van der Waals surface area contributed by atoms with E-state index in [4.69, 9.17) is 14.3 Å². The summed E-state index contributed by atoms with van der Waals surface area (Å²) in [5, 5.41) is 15.2. The lowest BCUT2D eigenvalue weighted by molar-refractivity contribution is -0.385. The molecule has 0 bridgehead atoms. The van der Waals surface area contributed by atoms with Gasteiger partial charge in [-0.25, -0.2) is 4.79 Å². The number of fused-ring (bicyclic) bond motifs is 1. The number of benzene rings is 2. The first kappa shape index (κ1) is 19.3. The quantitative estimate of drug-likeness (QED) is 0.441. The molecule has 0 radical (unpaired) electrons. The Bertz CT molecular complexity index is 967. The maximum atomic E-state index is 12.3. The second kappa shape index (κ2) is 8.08. The van der Waals surface area contributed by atoms with Crippen molar-refractivity contribution in [1.82, 2.24) is 0 Å². The largest absolute Gasteiger partial charge is 0.496 e. The first-order valence-corrected chi connectivity index (χ1v) is 8.73. The summed E-state index contributed by atoms with van der Waals surface area (Å²) in [6.45, 7) is 1.94. The normalized spacial score (nSPS) is 14.3. The summed E-state index contributed by atoms with van der Waals surface area (Å²) < 4.78 is 10.3. The number of nitro benzene ring substituents is 1. The molecule has 146 valence electrons. The fraction of sp³-hybridized carbons (Fsp3) is 0.300. The first-order valence-electron chi connectivity index (χ1n) is 8.73. The lowest BCUT2D eigenvalue weighted by atomic mass is 9.88. The third-order valence-corrected chi connectivity index (χ3v) is 4.64. The number of carbonyl (C=O) groups excluding carboxylic acids is 1. The number of rotatable bonds is 5. The highest BCUT2D eigenvalue weighted by molar-refractivity contribution is 6.03. The molecule has 0 unspecified atom stereocenters. The molecule has 28 heavy (non-hydrogen) atoms. The van der Waals surface area contributed by atoms with Gasteiger partial charge in [0.1, 0.15) is 5.75 Å². The molecule has 0 N–H and O–H groups in total. The standard InChI is InChI=1S/C20H20N2O6/c1-12-9-15-13(11-19(12)27-3)5-4-6-16(15)21-28-20(23)14-7-8-18(26-2)17(10-14)22(24)25/h7-11H,4-6H2,1-3H3/b21-16-. The minimum absolute atomic E-state index is 0.0267. The van der Waals surface area contributed by atoms with Crippen molar-refractivity contribution >= 4 is 17.4 Å². The molecule has 0 heterocycles. The Morgan fingerprint density at radius 1 is 1.11 bits per heavy atom. The van der Waals surface area contributed by atoms with Gasteiger partial charge in [0.25, 0.3) is 0 Å². The summed E-state index contributed by atoms with van der Waals surface area (Å²) in [4.78, 5) is 27.9. The Balaban J connectivity index is 1.85. The van der Waals surface area contributed by atoms with Gasteiger partial charge in [-0.15, -0.1) is 0 Å². The molecular formula is C20H20N2O6. The molecule has 0 aromatic heterocycles. The van der Waals surface area contributed by atoms with E-state index in [9.17, 15) is 14.9 Å². The molecule has 2 aromatic carbocycles. The lowest BCUT2D eigenvalue weighted by Crippen LogP contribution is -2.14. The van der Waals surface area contributed by atoms with Crippen LogP contribution in [0, 0.1) is 17.0 Å². The molecule has 0 saturated heterocycles. The SMILES string of the molecule is COc1cc2c(cc1C)/C(=N\OC(=O)c1ccc(OC)c([N+](=O)[O-])c1)CCC2. The maximum Gasteiger partial charge on any atom is 0.365 e. The van der Waals surface area contributed by atoms with Crippen LogP contribution in [0.1, 0.15) is 39.9 Å². The van der Waals surface area contributed by atoms with Gasteiger partial charge in [0.05, 0.1) is 30.4 Å². The van der Waals surface area contributed by atoms with Crippen LogP contribution in [-0.2, 0) is 11.3 Å². The Kier molecular flexibility index (Phi) is 5.58. The molecule has 8 heteroatoms. The number of hydrogen-bond donors (Lipinski definition) is 0. The Morgan fingerprint density at radius 3 is 2.54 bits per heavy atom. The van der Waals surface area contributed by atoms with Crippen molar-refractivity contribution < 1.29 is 24.0 Å². The number of nitrogens with zero attached hydrogens (tertiary/aromatic N) is 2. The van der Waals surface area contributed by atoms with Crippen molar-refractivity contribution in [2.24, 2.45) is 5.16 Å². The number of nitro groups is 1. The van der Waals surface area contributed by atoms with Gasteiger partial charge in [0.15, 0.2) is 5.75 Å². The Hall–Kier alpha value is -3.42. The van der Waals surface area contributed by atoms with E-state index in [0.717, 1.165) is 41.3 Å². The monoisotopic (exact) mass is 384 g/mol. The number of methoxy groups -OCH3 is 2. The predicted molar refractivity (Wildman–Crippen MR) is 102 cm³/mol. The van der Waals surface area contributed by atoms with E-state index >= 15 is 0 Å². The highest BCUT2D eigenvalue weighted by atomic mass is 16.7. The van der Waals surface area contributed by atoms with Crippen LogP contribution in [0.2, 0.25) is 0 Å². The molecule has 0 spiro atoms. The van der Waals surface area contributed by atoms with Gasteiger partial charge in [-0.05, 0) is 61.6 Å². The van der Waals surface area contributed by atoms with E-state index in [1.54, 1.807) is 7.11 Å². The second-order valence-corrected chi connectivity index (χ2v) is 6.39. The van der Waals surface area contributed by atoms with Crippen molar-refractivity contribution in [3.63, 3.8) is 0 Å². The number of oxime groups is 1. The minimum Gasteiger partial charge on any atom is -0.496 e. The van der Waals surface area contributed by atoms with Gasteiger partial charge >= 0.3 is 11.7 Å². The van der Waals surface area contributed by atoms with E-state index in [0.29, 0.717) is 12.1 Å². The average Bonchev–Trinajstić information content (AvgIpc) is 2.70. The van der Waals surface area contributed by atoms with Gasteiger partial charge in [-0.1, -0.05) is 5.16 Å². The molecule has 0 amide bonds. The Morgan fingerprint density at radius 2 is 1.86 bits per heavy atom. The van der Waals surface area contributed by atoms with Crippen molar-refractivity contribution in [2.45, 2.75) is 26.2 Å². The molecule has 3 rings (SSSR count). The minimum atomic E-state index is -0.768. The van der Waals surface area contributed by atoms with E-state index < -0.39 is 10.9 Å². The first-order chi connectivity index (χ1) is 13.4. The smallest absolute Gasteiger partial charge is 0.365 e. The lowest BCUT2D eigenvalue weighted by Gasteiger charge is -2.19. The Labute approximate surface area is 161 Å². The zero-order chi connectivity index (χ0) is 20.3. The van der Waals surface area contributed by atoms with Gasteiger partial charge in [-0.2, -0.15) is 0 Å². The molecule has 1 aliphatic carbocycles. The molecule has 0 fully saturated rings. The van der Waals surface area contributed by atoms with Crippen LogP contribution in [0.25, 0.3) is 0 Å². The third kappa shape index (κ3) is 3.80. The van der Waals surface area contributed by atoms with Crippen LogP contribution in [-0.4, -0.2) is 30.8 Å². The predicted octanol–water partition coefficient (Wildman–Crippen LogP) is 3.82. The molecule has 0 saturated carbocycles. The highest BCUT2D eigenvalue weighted by Gasteiger charge is 2.21. The summed E-state index contributed by atoms with van der Waals surface area (Å²) >= 11 is 0. The fourth-order valence-corrected chi connectivity index (χ4v) is 3.21. The zero-order valence-electron chi connectivity index (χ0n) is 15.9. The zero-order valence-corrected chi connectivity index (χ0v) is 15.9. The summed E-state index contributed by atoms with van der Waals surface area (Å²) in [6, 6.07) is 7.82. The highest BCUT2D eigenvalue weighted by Crippen LogP contribution is 2.30. The molecular weight excluding hydrogens is 364 g/mol. The van der Waals surface area contributed by atoms with E-state index in [1.807, 2.05) is 19.1 Å². The van der Waals surface area contributed by atoms with Crippen LogP contribution >= 0.6 is 0 Å². The van der Waals surface area contributed by atoms with E-state index in [1.165, 1.54) is 19.2 Å². The van der Waals surface area contributed by atoms with Crippen LogP contribution < -0.4 is 9.47 Å². The van der Waals surface area contributed by atoms with Crippen LogP contribution in [0.5, 0.6) is 11.5 Å². The number of aryl methyl sites for hydroxylation is 2. The second-order valence-electron chi connectivity index (χ2n) is 6.39. The molecule has 2 aromatic rings. The van der Waals surface area contributed by atoms with Crippen molar-refractivity contribution in [1.29, 1.82) is 0 Å². The van der Waals surface area contributed by atoms with Gasteiger partial charge in [0.2, 0.25) is 0 Å². The third-order valence-electron chi connectivity index (χ3n) is 4.64. The van der Waals surface area contributed by atoms with E-state index in [-0.39, 0.29) is 17.0 Å². The summed E-state index contributed by atoms with van der Waals surface area (Å²) in [5.41, 5.74) is 3.37. The molecule has 0 aliphatic heterocycles. The van der Waals surface area contributed by atoms with Crippen molar-refractivity contribution in [3.8, 4) is 11.5 Å². The van der Waals surface area contributed by atoms with Gasteiger partial charge in [-0.3, -0.25) is 10.1 Å². The van der Waals surface area contributed by atoms with Crippen LogP contribution in [0.3, 0.4) is 0 Å². The van der Waals surface area contributed by atoms with Crippen LogP contribution in [0.15, 0.2) is 35.5 Å². The van der Waals surface area contributed by atoms with Crippen LogP contribution in [0.4, 0.5) is 5.69 Å². The van der Waals surface area contributed by atoms with Crippen molar-refractivity contribution in [2.75, 3.05) is 14.2 Å². The number of ether oxygens (including phenoxy) is 2. The molecule has 8 nitrogen and oxygen atoms in total. The van der Waals surface area contributed by atoms with E-state index in [2.05, 4.69) is 5.16 Å². The topological polar surface area (TPSA) is 100 Å². The van der Waals surface area contributed by atoms with Gasteiger partial charge in [0, 0.05) is 11.6 Å². The maximum absolute atomic E-state index is 12.3. The molecule has 0 atom stereocenters. The summed E-state index contributed by atoms with van der Waals surface area (Å²) in [7, 11) is 2.95. The number of hydrogen-bond acceptors (Lipinski definition) is 7. The summed E-state index contributed by atoms with van der Waals surface area (Å²) in [5.74, 6) is 0.108. The average molecular weight is 384 g/mol. The molecule has 1 aliphatic rings. The van der Waals surface area contributed by atoms with Gasteiger partial charge < -0.3 is 14.3 Å². The summed E-state index contributed by atoms with van der Waals surface area (Å²) in [6.07, 6.45) is 2.45.